The van der Waals surface area contributed by atoms with Crippen LogP contribution in [0.25, 0.3) is 42.1 Å². The first-order valence-electron chi connectivity index (χ1n) is 11.1. The van der Waals surface area contributed by atoms with Crippen molar-refractivity contribution in [3.05, 3.63) is 78.9 Å². The topological polar surface area (TPSA) is 18.5 Å². The van der Waals surface area contributed by atoms with Gasteiger partial charge >= 0.3 is 7.12 Å². The summed E-state index contributed by atoms with van der Waals surface area (Å²) in [5.74, 6) is 0. The number of thiophene rings is 1. The Morgan fingerprint density at radius 2 is 1.38 bits per heavy atom. The second kappa shape index (κ2) is 6.92. The SMILES string of the molecule is CC1(C)OB(c2ccc(-c3ccccc3)c3c2sc2ccc4ccccc4c23)OC1(C)C. The molecule has 1 fully saturated rings. The van der Waals surface area contributed by atoms with Gasteiger partial charge in [0.15, 0.2) is 0 Å². The standard InChI is InChI=1S/C28H25BO2S/c1-27(2)28(3,4)31-29(30-27)22-16-15-21(18-10-6-5-7-11-18)25-24-20-13-9-8-12-19(20)14-17-23(24)32-26(22)25/h5-17H,1-4H3. The van der Waals surface area contributed by atoms with Gasteiger partial charge in [0, 0.05) is 25.6 Å². The number of hydrogen-bond acceptors (Lipinski definition) is 3. The van der Waals surface area contributed by atoms with Gasteiger partial charge in [-0.25, -0.2) is 0 Å². The van der Waals surface area contributed by atoms with Crippen molar-refractivity contribution in [3.8, 4) is 11.1 Å². The molecule has 0 radical (unpaired) electrons. The molecule has 32 heavy (non-hydrogen) atoms. The van der Waals surface area contributed by atoms with Crippen LogP contribution in [0, 0.1) is 0 Å². The van der Waals surface area contributed by atoms with Crippen molar-refractivity contribution in [1.29, 1.82) is 0 Å². The van der Waals surface area contributed by atoms with E-state index in [4.69, 9.17) is 9.31 Å². The Bertz CT molecular complexity index is 1470. The average molecular weight is 436 g/mol. The molecule has 5 aromatic rings. The molecule has 2 heterocycles. The van der Waals surface area contributed by atoms with Gasteiger partial charge < -0.3 is 9.31 Å². The zero-order valence-corrected chi connectivity index (χ0v) is 19.6. The molecule has 0 spiro atoms. The van der Waals surface area contributed by atoms with Crippen molar-refractivity contribution in [2.24, 2.45) is 0 Å². The number of hydrogen-bond donors (Lipinski definition) is 0. The van der Waals surface area contributed by atoms with Gasteiger partial charge in [-0.15, -0.1) is 11.3 Å². The van der Waals surface area contributed by atoms with Gasteiger partial charge in [0.05, 0.1) is 11.2 Å². The molecule has 0 N–H and O–H groups in total. The van der Waals surface area contributed by atoms with Crippen LogP contribution >= 0.6 is 11.3 Å². The molecular formula is C28H25BO2S. The summed E-state index contributed by atoms with van der Waals surface area (Å²) in [6.45, 7) is 8.45. The van der Waals surface area contributed by atoms with E-state index < -0.39 is 0 Å². The maximum atomic E-state index is 6.47. The van der Waals surface area contributed by atoms with Gasteiger partial charge in [-0.2, -0.15) is 0 Å². The molecule has 158 valence electrons. The van der Waals surface area contributed by atoms with E-state index >= 15 is 0 Å². The molecule has 0 saturated carbocycles. The third-order valence-electron chi connectivity index (χ3n) is 7.13. The van der Waals surface area contributed by atoms with Crippen LogP contribution in [-0.2, 0) is 9.31 Å². The number of fused-ring (bicyclic) bond motifs is 5. The minimum Gasteiger partial charge on any atom is -0.399 e. The summed E-state index contributed by atoms with van der Waals surface area (Å²) in [6, 6.07) is 28.3. The molecule has 1 aliphatic rings. The Morgan fingerprint density at radius 1 is 0.688 bits per heavy atom. The van der Waals surface area contributed by atoms with E-state index in [9.17, 15) is 0 Å². The molecule has 1 aromatic heterocycles. The second-order valence-electron chi connectivity index (χ2n) is 9.62. The van der Waals surface area contributed by atoms with Gasteiger partial charge in [0.25, 0.3) is 0 Å². The highest BCUT2D eigenvalue weighted by molar-refractivity contribution is 7.27. The fourth-order valence-corrected chi connectivity index (χ4v) is 5.94. The van der Waals surface area contributed by atoms with Crippen LogP contribution in [0.3, 0.4) is 0 Å². The highest BCUT2D eigenvalue weighted by Crippen LogP contribution is 2.44. The van der Waals surface area contributed by atoms with Crippen molar-refractivity contribution in [2.45, 2.75) is 38.9 Å². The maximum absolute atomic E-state index is 6.47. The predicted molar refractivity (Wildman–Crippen MR) is 138 cm³/mol. The Balaban J connectivity index is 1.70. The Kier molecular flexibility index (Phi) is 4.32. The molecule has 0 bridgehead atoms. The molecule has 1 saturated heterocycles. The van der Waals surface area contributed by atoms with Gasteiger partial charge in [-0.3, -0.25) is 0 Å². The summed E-state index contributed by atoms with van der Waals surface area (Å²) >= 11 is 1.84. The van der Waals surface area contributed by atoms with Crippen LogP contribution in [0.1, 0.15) is 27.7 Å². The molecule has 0 aliphatic carbocycles. The van der Waals surface area contributed by atoms with E-state index in [1.165, 1.54) is 42.1 Å². The average Bonchev–Trinajstić information content (AvgIpc) is 3.28. The van der Waals surface area contributed by atoms with Crippen LogP contribution in [0.2, 0.25) is 0 Å². The van der Waals surface area contributed by atoms with E-state index in [0.717, 1.165) is 5.46 Å². The van der Waals surface area contributed by atoms with E-state index in [2.05, 4.69) is 107 Å². The lowest BCUT2D eigenvalue weighted by Crippen LogP contribution is -2.41. The first-order chi connectivity index (χ1) is 15.4. The van der Waals surface area contributed by atoms with Gasteiger partial charge in [-0.05, 0) is 55.7 Å². The zero-order chi connectivity index (χ0) is 22.1. The third-order valence-corrected chi connectivity index (χ3v) is 8.34. The minimum atomic E-state index is -0.383. The molecule has 6 rings (SSSR count). The summed E-state index contributed by atoms with van der Waals surface area (Å²) in [5, 5.41) is 5.17. The number of rotatable bonds is 2. The molecule has 0 unspecified atom stereocenters. The van der Waals surface area contributed by atoms with E-state index in [0.29, 0.717) is 0 Å². The monoisotopic (exact) mass is 436 g/mol. The van der Waals surface area contributed by atoms with Gasteiger partial charge in [-0.1, -0.05) is 72.8 Å². The molecule has 2 nitrogen and oxygen atoms in total. The van der Waals surface area contributed by atoms with E-state index in [-0.39, 0.29) is 18.3 Å². The van der Waals surface area contributed by atoms with Crippen molar-refractivity contribution in [1.82, 2.24) is 0 Å². The third kappa shape index (κ3) is 2.87. The lowest BCUT2D eigenvalue weighted by molar-refractivity contribution is 0.00578. The van der Waals surface area contributed by atoms with Crippen LogP contribution in [0.15, 0.2) is 78.9 Å². The van der Waals surface area contributed by atoms with Gasteiger partial charge in [0.1, 0.15) is 0 Å². The highest BCUT2D eigenvalue weighted by atomic mass is 32.1. The van der Waals surface area contributed by atoms with Crippen LogP contribution in [-0.4, -0.2) is 18.3 Å². The largest absolute Gasteiger partial charge is 0.496 e. The Hall–Kier alpha value is -2.66. The second-order valence-corrected chi connectivity index (χ2v) is 10.7. The molecule has 0 atom stereocenters. The smallest absolute Gasteiger partial charge is 0.399 e. The summed E-state index contributed by atoms with van der Waals surface area (Å²) in [4.78, 5) is 0. The molecule has 4 heteroatoms. The van der Waals surface area contributed by atoms with Crippen molar-refractivity contribution in [3.63, 3.8) is 0 Å². The quantitative estimate of drug-likeness (QED) is 0.273. The molecule has 1 aliphatic heterocycles. The Labute approximate surface area is 192 Å². The summed E-state index contributed by atoms with van der Waals surface area (Å²) in [7, 11) is -0.383. The normalized spacial score (nSPS) is 17.6. The lowest BCUT2D eigenvalue weighted by Gasteiger charge is -2.32. The van der Waals surface area contributed by atoms with Gasteiger partial charge in [0.2, 0.25) is 0 Å². The van der Waals surface area contributed by atoms with Crippen molar-refractivity contribution >= 4 is 54.9 Å². The molecule has 4 aromatic carbocycles. The van der Waals surface area contributed by atoms with Crippen molar-refractivity contribution < 1.29 is 9.31 Å². The zero-order valence-electron chi connectivity index (χ0n) is 18.8. The van der Waals surface area contributed by atoms with Crippen molar-refractivity contribution in [2.75, 3.05) is 0 Å². The fraction of sp³-hybridized carbons (Fsp3) is 0.214. The highest BCUT2D eigenvalue weighted by Gasteiger charge is 2.52. The molecular weight excluding hydrogens is 411 g/mol. The lowest BCUT2D eigenvalue weighted by atomic mass is 9.77. The van der Waals surface area contributed by atoms with Crippen LogP contribution < -0.4 is 5.46 Å². The van der Waals surface area contributed by atoms with Crippen LogP contribution in [0.4, 0.5) is 0 Å². The fourth-order valence-electron chi connectivity index (χ4n) is 4.68. The van der Waals surface area contributed by atoms with E-state index in [1.807, 2.05) is 11.3 Å². The first kappa shape index (κ1) is 20.0. The Morgan fingerprint density at radius 3 is 2.12 bits per heavy atom. The van der Waals surface area contributed by atoms with E-state index in [1.54, 1.807) is 0 Å². The summed E-state index contributed by atoms with van der Waals surface area (Å²) in [5.41, 5.74) is 2.86. The van der Waals surface area contributed by atoms with Crippen LogP contribution in [0.5, 0.6) is 0 Å². The minimum absolute atomic E-state index is 0.370. The summed E-state index contributed by atoms with van der Waals surface area (Å²) in [6.07, 6.45) is 0. The first-order valence-corrected chi connectivity index (χ1v) is 12.0. The maximum Gasteiger partial charge on any atom is 0.496 e. The number of benzene rings is 4. The molecule has 0 amide bonds. The summed E-state index contributed by atoms with van der Waals surface area (Å²) < 4.78 is 15.5. The predicted octanol–water partition coefficient (Wildman–Crippen LogP) is 7.17.